The number of aliphatic hydroxyl groups is 2. The van der Waals surface area contributed by atoms with Crippen LogP contribution in [0.4, 0.5) is 0 Å². The molecule has 0 aromatic rings. The molecule has 264 valence electrons. The Labute approximate surface area is 277 Å². The fourth-order valence-electron chi connectivity index (χ4n) is 5.29. The lowest BCUT2D eigenvalue weighted by atomic mass is 10.1. The van der Waals surface area contributed by atoms with E-state index < -0.39 is 0 Å². The Morgan fingerprint density at radius 3 is 1.29 bits per heavy atom. The van der Waals surface area contributed by atoms with Gasteiger partial charge in [-0.25, -0.2) is 0 Å². The fourth-order valence-corrected chi connectivity index (χ4v) is 5.29. The largest absolute Gasteiger partial charge is 0.466 e. The first kappa shape index (κ1) is 43.3. The second kappa shape index (κ2) is 35.2. The zero-order valence-electron chi connectivity index (χ0n) is 29.5. The van der Waals surface area contributed by atoms with E-state index in [1.54, 1.807) is 0 Å². The number of hydrogen-bond donors (Lipinski definition) is 2. The van der Waals surface area contributed by atoms with Crippen LogP contribution in [-0.2, 0) is 19.1 Å². The maximum atomic E-state index is 11.9. The number of unbranched alkanes of at least 4 members (excludes halogenated alkanes) is 16. The van der Waals surface area contributed by atoms with E-state index in [1.807, 2.05) is 0 Å². The van der Waals surface area contributed by atoms with Crippen molar-refractivity contribution < 1.29 is 29.3 Å². The fraction of sp³-hybridized carbons (Fsp3) is 0.846. The SMILES string of the molecule is CCCCCC[C@H](O)C/C=C\CCCCCCCC(=O)OCCCOC(=O)CCCCCCC/C=C\C[C@H](O)CCCCCC. The van der Waals surface area contributed by atoms with Gasteiger partial charge in [-0.05, 0) is 64.2 Å². The Bertz CT molecular complexity index is 646. The minimum Gasteiger partial charge on any atom is -0.466 e. The smallest absolute Gasteiger partial charge is 0.305 e. The first-order valence-electron chi connectivity index (χ1n) is 19.0. The molecule has 2 atom stereocenters. The number of carbonyl (C=O) groups excluding carboxylic acids is 2. The molecule has 0 aromatic heterocycles. The van der Waals surface area contributed by atoms with Crippen LogP contribution < -0.4 is 0 Å². The molecular formula is C39H72O6. The van der Waals surface area contributed by atoms with Crippen LogP contribution in [0.15, 0.2) is 24.3 Å². The van der Waals surface area contributed by atoms with Crippen LogP contribution >= 0.6 is 0 Å². The highest BCUT2D eigenvalue weighted by atomic mass is 16.5. The molecule has 0 bridgehead atoms. The van der Waals surface area contributed by atoms with E-state index in [9.17, 15) is 19.8 Å². The molecule has 0 spiro atoms. The van der Waals surface area contributed by atoms with E-state index in [0.29, 0.717) is 32.5 Å². The molecule has 0 heterocycles. The molecule has 0 amide bonds. The van der Waals surface area contributed by atoms with Gasteiger partial charge >= 0.3 is 11.9 Å². The van der Waals surface area contributed by atoms with Gasteiger partial charge in [-0.1, -0.05) is 128 Å². The van der Waals surface area contributed by atoms with Gasteiger partial charge in [0.15, 0.2) is 0 Å². The van der Waals surface area contributed by atoms with Gasteiger partial charge in [-0.2, -0.15) is 0 Å². The highest BCUT2D eigenvalue weighted by molar-refractivity contribution is 5.69. The first-order valence-corrected chi connectivity index (χ1v) is 19.0. The first-order chi connectivity index (χ1) is 22.0. The van der Waals surface area contributed by atoms with Crippen LogP contribution in [0, 0.1) is 0 Å². The third-order valence-corrected chi connectivity index (χ3v) is 8.25. The second-order valence-corrected chi connectivity index (χ2v) is 12.8. The van der Waals surface area contributed by atoms with Crippen molar-refractivity contribution in [2.75, 3.05) is 13.2 Å². The lowest BCUT2D eigenvalue weighted by Gasteiger charge is -2.07. The van der Waals surface area contributed by atoms with Gasteiger partial charge in [0.2, 0.25) is 0 Å². The average Bonchev–Trinajstić information content (AvgIpc) is 3.03. The van der Waals surface area contributed by atoms with Gasteiger partial charge in [-0.15, -0.1) is 0 Å². The quantitative estimate of drug-likeness (QED) is 0.0415. The lowest BCUT2D eigenvalue weighted by Crippen LogP contribution is -2.10. The Kier molecular flexibility index (Phi) is 33.9. The summed E-state index contributed by atoms with van der Waals surface area (Å²) in [7, 11) is 0. The summed E-state index contributed by atoms with van der Waals surface area (Å²) in [6, 6.07) is 0. The molecule has 45 heavy (non-hydrogen) atoms. The summed E-state index contributed by atoms with van der Waals surface area (Å²) in [6.45, 7) is 5.02. The molecule has 0 saturated heterocycles. The van der Waals surface area contributed by atoms with Crippen LogP contribution in [-0.4, -0.2) is 47.6 Å². The van der Waals surface area contributed by atoms with E-state index in [2.05, 4.69) is 38.2 Å². The number of hydrogen-bond acceptors (Lipinski definition) is 6. The summed E-state index contributed by atoms with van der Waals surface area (Å²) in [5.41, 5.74) is 0. The number of ether oxygens (including phenoxy) is 2. The number of aliphatic hydroxyl groups excluding tert-OH is 2. The number of esters is 2. The predicted octanol–water partition coefficient (Wildman–Crippen LogP) is 10.5. The van der Waals surface area contributed by atoms with Crippen LogP contribution in [0.2, 0.25) is 0 Å². The Hall–Kier alpha value is -1.66. The molecule has 0 radical (unpaired) electrons. The van der Waals surface area contributed by atoms with Crippen LogP contribution in [0.3, 0.4) is 0 Å². The molecule has 0 saturated carbocycles. The van der Waals surface area contributed by atoms with Crippen molar-refractivity contribution in [2.45, 2.75) is 199 Å². The third-order valence-electron chi connectivity index (χ3n) is 8.25. The van der Waals surface area contributed by atoms with Gasteiger partial charge in [0.05, 0.1) is 25.4 Å². The molecule has 0 aromatic carbocycles. The van der Waals surface area contributed by atoms with Crippen LogP contribution in [0.5, 0.6) is 0 Å². The zero-order chi connectivity index (χ0) is 33.1. The molecule has 0 unspecified atom stereocenters. The maximum absolute atomic E-state index is 11.9. The van der Waals surface area contributed by atoms with Crippen molar-refractivity contribution in [3.63, 3.8) is 0 Å². The van der Waals surface area contributed by atoms with E-state index in [1.165, 1.54) is 38.5 Å². The standard InChI is InChI=1S/C39H72O6/c1-3-5-7-21-28-36(40)30-23-17-13-9-11-15-19-25-32-38(42)44-34-27-35-45-39(43)33-26-20-16-12-10-14-18-24-31-37(41)29-22-8-6-4-2/h17-18,23-24,36-37,40-41H,3-16,19-22,25-35H2,1-2H3/b23-17-,24-18-/t36-,37+. The monoisotopic (exact) mass is 637 g/mol. The highest BCUT2D eigenvalue weighted by Crippen LogP contribution is 2.12. The van der Waals surface area contributed by atoms with E-state index in [4.69, 9.17) is 9.47 Å². The van der Waals surface area contributed by atoms with Crippen molar-refractivity contribution >= 4 is 11.9 Å². The van der Waals surface area contributed by atoms with Crippen molar-refractivity contribution in [1.82, 2.24) is 0 Å². The predicted molar refractivity (Wildman–Crippen MR) is 188 cm³/mol. The summed E-state index contributed by atoms with van der Waals surface area (Å²) in [4.78, 5) is 23.8. The van der Waals surface area contributed by atoms with Crippen molar-refractivity contribution in [3.05, 3.63) is 24.3 Å². The molecule has 2 N–H and O–H groups in total. The molecule has 6 nitrogen and oxygen atoms in total. The van der Waals surface area contributed by atoms with Crippen molar-refractivity contribution in [3.8, 4) is 0 Å². The molecule has 0 aliphatic carbocycles. The van der Waals surface area contributed by atoms with Gasteiger partial charge in [0, 0.05) is 19.3 Å². The zero-order valence-corrected chi connectivity index (χ0v) is 29.5. The second-order valence-electron chi connectivity index (χ2n) is 12.8. The lowest BCUT2D eigenvalue weighted by molar-refractivity contribution is -0.146. The number of carbonyl (C=O) groups is 2. The van der Waals surface area contributed by atoms with Crippen LogP contribution in [0.1, 0.15) is 187 Å². The maximum Gasteiger partial charge on any atom is 0.305 e. The molecule has 0 rings (SSSR count). The summed E-state index contributed by atoms with van der Waals surface area (Å²) < 4.78 is 10.5. The number of allylic oxidation sites excluding steroid dienone is 2. The van der Waals surface area contributed by atoms with Gasteiger partial charge < -0.3 is 19.7 Å². The minimum absolute atomic E-state index is 0.164. The highest BCUT2D eigenvalue weighted by Gasteiger charge is 2.06. The van der Waals surface area contributed by atoms with E-state index in [-0.39, 0.29) is 24.1 Å². The topological polar surface area (TPSA) is 93.1 Å². The molecule has 6 heteroatoms. The van der Waals surface area contributed by atoms with E-state index in [0.717, 1.165) is 116 Å². The summed E-state index contributed by atoms with van der Waals surface area (Å²) in [5.74, 6) is -0.327. The molecule has 0 aliphatic rings. The minimum atomic E-state index is -0.195. The Morgan fingerprint density at radius 2 is 0.867 bits per heavy atom. The van der Waals surface area contributed by atoms with Crippen LogP contribution in [0.25, 0.3) is 0 Å². The van der Waals surface area contributed by atoms with Gasteiger partial charge in [0.1, 0.15) is 0 Å². The third kappa shape index (κ3) is 35.0. The molecular weight excluding hydrogens is 564 g/mol. The van der Waals surface area contributed by atoms with Crippen molar-refractivity contribution in [2.24, 2.45) is 0 Å². The average molecular weight is 637 g/mol. The Morgan fingerprint density at radius 1 is 0.489 bits per heavy atom. The van der Waals surface area contributed by atoms with Crippen molar-refractivity contribution in [1.29, 1.82) is 0 Å². The molecule has 0 fully saturated rings. The summed E-state index contributed by atoms with van der Waals surface area (Å²) in [6.07, 6.45) is 35.5. The summed E-state index contributed by atoms with van der Waals surface area (Å²) >= 11 is 0. The molecule has 0 aliphatic heterocycles. The van der Waals surface area contributed by atoms with Gasteiger partial charge in [-0.3, -0.25) is 9.59 Å². The number of rotatable bonds is 34. The Balaban J connectivity index is 3.43. The van der Waals surface area contributed by atoms with Gasteiger partial charge in [0.25, 0.3) is 0 Å². The van der Waals surface area contributed by atoms with E-state index >= 15 is 0 Å². The normalized spacial score (nSPS) is 13.1. The summed E-state index contributed by atoms with van der Waals surface area (Å²) in [5, 5.41) is 20.0.